The van der Waals surface area contributed by atoms with Crippen LogP contribution in [0.3, 0.4) is 0 Å². The van der Waals surface area contributed by atoms with E-state index in [-0.39, 0.29) is 12.4 Å². The number of rotatable bonds is 2. The fourth-order valence-corrected chi connectivity index (χ4v) is 4.04. The molecule has 0 amide bonds. The molecule has 4 heterocycles. The fraction of sp³-hybridized carbons (Fsp3) is 0.500. The Balaban J connectivity index is 0.000000147. The Bertz CT molecular complexity index is 501. The standard InChI is InChI=1S/2C6H9N3S.ClH/c2*7-3-5-4-9-1-2-10-6(9)8-5;/h2*4H,1-3,7H2;1H. The van der Waals surface area contributed by atoms with Gasteiger partial charge in [0.05, 0.1) is 11.4 Å². The van der Waals surface area contributed by atoms with Crippen LogP contribution in [0.1, 0.15) is 11.4 Å². The minimum atomic E-state index is 0. The molecule has 4 rings (SSSR count). The molecule has 0 unspecified atom stereocenters. The summed E-state index contributed by atoms with van der Waals surface area (Å²) in [5.41, 5.74) is 12.9. The monoisotopic (exact) mass is 346 g/mol. The number of fused-ring (bicyclic) bond motifs is 2. The number of hydrogen-bond acceptors (Lipinski definition) is 6. The lowest BCUT2D eigenvalue weighted by atomic mass is 10.5. The Morgan fingerprint density at radius 1 is 0.905 bits per heavy atom. The first-order valence-electron chi connectivity index (χ1n) is 6.58. The molecule has 0 aliphatic carbocycles. The van der Waals surface area contributed by atoms with Crippen molar-refractivity contribution in [2.75, 3.05) is 11.5 Å². The van der Waals surface area contributed by atoms with Crippen LogP contribution in [-0.2, 0) is 26.2 Å². The molecule has 0 atom stereocenters. The number of aryl methyl sites for hydroxylation is 2. The van der Waals surface area contributed by atoms with Gasteiger partial charge in [0.2, 0.25) is 0 Å². The van der Waals surface area contributed by atoms with Gasteiger partial charge in [0.1, 0.15) is 0 Å². The lowest BCUT2D eigenvalue weighted by Crippen LogP contribution is -1.96. The zero-order chi connectivity index (χ0) is 13.9. The summed E-state index contributed by atoms with van der Waals surface area (Å²) < 4.78 is 4.32. The van der Waals surface area contributed by atoms with E-state index in [2.05, 4.69) is 19.1 Å². The molecule has 116 valence electrons. The molecular weight excluding hydrogens is 328 g/mol. The topological polar surface area (TPSA) is 87.7 Å². The average molecular weight is 347 g/mol. The van der Waals surface area contributed by atoms with Gasteiger partial charge in [-0.15, -0.1) is 12.4 Å². The number of nitrogens with zero attached hydrogens (tertiary/aromatic N) is 4. The van der Waals surface area contributed by atoms with Crippen molar-refractivity contribution in [3.63, 3.8) is 0 Å². The zero-order valence-corrected chi connectivity index (χ0v) is 14.0. The number of thioether (sulfide) groups is 2. The molecule has 2 aliphatic heterocycles. The molecule has 2 aromatic heterocycles. The fourth-order valence-electron chi connectivity index (χ4n) is 2.12. The second kappa shape index (κ2) is 7.55. The largest absolute Gasteiger partial charge is 0.325 e. The lowest BCUT2D eigenvalue weighted by Gasteiger charge is -1.88. The van der Waals surface area contributed by atoms with Crippen LogP contribution in [0.4, 0.5) is 0 Å². The van der Waals surface area contributed by atoms with Crippen molar-refractivity contribution >= 4 is 35.9 Å². The first kappa shape index (κ1) is 16.7. The van der Waals surface area contributed by atoms with E-state index in [0.717, 1.165) is 46.3 Å². The van der Waals surface area contributed by atoms with Crippen LogP contribution in [0.5, 0.6) is 0 Å². The van der Waals surface area contributed by atoms with Gasteiger partial charge in [-0.3, -0.25) is 0 Å². The quantitative estimate of drug-likeness (QED) is 0.852. The van der Waals surface area contributed by atoms with Gasteiger partial charge in [-0.2, -0.15) is 0 Å². The second-order valence-corrected chi connectivity index (χ2v) is 6.65. The van der Waals surface area contributed by atoms with Crippen LogP contribution in [0, 0.1) is 0 Å². The van der Waals surface area contributed by atoms with E-state index in [1.54, 1.807) is 23.5 Å². The maximum absolute atomic E-state index is 5.43. The van der Waals surface area contributed by atoms with Crippen LogP contribution >= 0.6 is 35.9 Å². The summed E-state index contributed by atoms with van der Waals surface area (Å²) >= 11 is 3.60. The van der Waals surface area contributed by atoms with E-state index in [1.807, 2.05) is 12.4 Å². The van der Waals surface area contributed by atoms with Gasteiger partial charge in [-0.1, -0.05) is 23.5 Å². The third-order valence-electron chi connectivity index (χ3n) is 3.12. The summed E-state index contributed by atoms with van der Waals surface area (Å²) in [6.45, 7) is 3.29. The highest BCUT2D eigenvalue weighted by atomic mass is 35.5. The highest BCUT2D eigenvalue weighted by molar-refractivity contribution is 7.99. The van der Waals surface area contributed by atoms with Crippen molar-refractivity contribution in [1.82, 2.24) is 19.1 Å². The molecule has 0 radical (unpaired) electrons. The molecular formula is C12H19ClN6S2. The van der Waals surface area contributed by atoms with Crippen molar-refractivity contribution in [2.45, 2.75) is 36.5 Å². The summed E-state index contributed by atoms with van der Waals surface area (Å²) in [7, 11) is 0. The molecule has 21 heavy (non-hydrogen) atoms. The van der Waals surface area contributed by atoms with Crippen molar-refractivity contribution in [3.8, 4) is 0 Å². The number of halogens is 1. The van der Waals surface area contributed by atoms with Gasteiger partial charge in [0.15, 0.2) is 10.3 Å². The predicted molar refractivity (Wildman–Crippen MR) is 88.9 cm³/mol. The summed E-state index contributed by atoms with van der Waals surface area (Å²) in [6.07, 6.45) is 4.07. The third kappa shape index (κ3) is 3.75. The van der Waals surface area contributed by atoms with Crippen LogP contribution in [-0.4, -0.2) is 30.6 Å². The molecule has 0 saturated carbocycles. The molecule has 0 saturated heterocycles. The molecule has 0 bridgehead atoms. The average Bonchev–Trinajstić information content (AvgIpc) is 3.17. The van der Waals surface area contributed by atoms with Gasteiger partial charge in [-0.25, -0.2) is 9.97 Å². The molecule has 2 aromatic rings. The Labute approximate surface area is 138 Å². The van der Waals surface area contributed by atoms with Crippen molar-refractivity contribution in [2.24, 2.45) is 11.5 Å². The summed E-state index contributed by atoms with van der Waals surface area (Å²) in [5.74, 6) is 2.32. The van der Waals surface area contributed by atoms with E-state index < -0.39 is 0 Å². The molecule has 6 nitrogen and oxygen atoms in total. The normalized spacial score (nSPS) is 15.0. The van der Waals surface area contributed by atoms with Crippen LogP contribution < -0.4 is 11.5 Å². The molecule has 2 aliphatic rings. The number of aromatic nitrogens is 4. The first-order chi connectivity index (χ1) is 9.80. The Morgan fingerprint density at radius 3 is 1.67 bits per heavy atom. The zero-order valence-electron chi connectivity index (χ0n) is 11.6. The molecule has 0 fully saturated rings. The van der Waals surface area contributed by atoms with Crippen LogP contribution in [0.25, 0.3) is 0 Å². The van der Waals surface area contributed by atoms with E-state index in [4.69, 9.17) is 11.5 Å². The van der Waals surface area contributed by atoms with Crippen molar-refractivity contribution < 1.29 is 0 Å². The number of nitrogens with two attached hydrogens (primary N) is 2. The maximum Gasteiger partial charge on any atom is 0.168 e. The van der Waals surface area contributed by atoms with Gasteiger partial charge in [0, 0.05) is 50.1 Å². The van der Waals surface area contributed by atoms with Crippen LogP contribution in [0.2, 0.25) is 0 Å². The Morgan fingerprint density at radius 2 is 1.33 bits per heavy atom. The summed E-state index contributed by atoms with van der Waals surface area (Å²) in [5, 5.41) is 2.25. The second-order valence-electron chi connectivity index (χ2n) is 4.52. The SMILES string of the molecule is Cl.NCc1cn2c(n1)SCC2.NCc1cn2c(n1)SCC2. The minimum absolute atomic E-state index is 0. The number of hydrogen-bond donors (Lipinski definition) is 2. The van der Waals surface area contributed by atoms with Gasteiger partial charge < -0.3 is 20.6 Å². The van der Waals surface area contributed by atoms with Crippen LogP contribution in [0.15, 0.2) is 22.7 Å². The Hall–Kier alpha value is -0.670. The Kier molecular flexibility index (Phi) is 6.00. The molecule has 0 aromatic carbocycles. The summed E-state index contributed by atoms with van der Waals surface area (Å²) in [4.78, 5) is 8.62. The molecule has 4 N–H and O–H groups in total. The minimum Gasteiger partial charge on any atom is -0.325 e. The highest BCUT2D eigenvalue weighted by Crippen LogP contribution is 2.24. The van der Waals surface area contributed by atoms with Gasteiger partial charge >= 0.3 is 0 Å². The van der Waals surface area contributed by atoms with E-state index in [9.17, 15) is 0 Å². The summed E-state index contributed by atoms with van der Waals surface area (Å²) in [6, 6.07) is 0. The van der Waals surface area contributed by atoms with E-state index in [1.165, 1.54) is 0 Å². The van der Waals surface area contributed by atoms with Gasteiger partial charge in [-0.05, 0) is 0 Å². The number of imidazole rings is 2. The van der Waals surface area contributed by atoms with E-state index in [0.29, 0.717) is 13.1 Å². The first-order valence-corrected chi connectivity index (χ1v) is 8.55. The van der Waals surface area contributed by atoms with Crippen molar-refractivity contribution in [1.29, 1.82) is 0 Å². The molecule has 9 heteroatoms. The van der Waals surface area contributed by atoms with E-state index >= 15 is 0 Å². The highest BCUT2D eigenvalue weighted by Gasteiger charge is 2.13. The van der Waals surface area contributed by atoms with Gasteiger partial charge in [0.25, 0.3) is 0 Å². The maximum atomic E-state index is 5.43. The predicted octanol–water partition coefficient (Wildman–Crippen LogP) is 1.32. The smallest absolute Gasteiger partial charge is 0.168 e. The lowest BCUT2D eigenvalue weighted by molar-refractivity contribution is 0.719. The van der Waals surface area contributed by atoms with Crippen molar-refractivity contribution in [3.05, 3.63) is 23.8 Å². The third-order valence-corrected chi connectivity index (χ3v) is 5.07. The molecule has 0 spiro atoms.